The molecule has 0 aliphatic heterocycles. The SMILES string of the molecule is COC(C)C(=O)NC(C)c1cccc2ccccc12. The minimum Gasteiger partial charge on any atom is -0.372 e. The molecule has 0 bridgehead atoms. The largest absolute Gasteiger partial charge is 0.372 e. The highest BCUT2D eigenvalue weighted by atomic mass is 16.5. The summed E-state index contributed by atoms with van der Waals surface area (Å²) >= 11 is 0. The summed E-state index contributed by atoms with van der Waals surface area (Å²) in [7, 11) is 1.53. The first-order chi connectivity index (χ1) is 9.13. The normalized spacial score (nSPS) is 14.1. The lowest BCUT2D eigenvalue weighted by Gasteiger charge is -2.18. The second-order valence-corrected chi connectivity index (χ2v) is 4.68. The zero-order chi connectivity index (χ0) is 13.8. The fourth-order valence-electron chi connectivity index (χ4n) is 2.14. The van der Waals surface area contributed by atoms with E-state index < -0.39 is 6.10 Å². The molecule has 0 saturated heterocycles. The Labute approximate surface area is 113 Å². The first-order valence-electron chi connectivity index (χ1n) is 6.44. The van der Waals surface area contributed by atoms with Gasteiger partial charge in [-0.1, -0.05) is 42.5 Å². The maximum atomic E-state index is 11.9. The van der Waals surface area contributed by atoms with Gasteiger partial charge in [-0.05, 0) is 30.2 Å². The molecule has 3 nitrogen and oxygen atoms in total. The lowest BCUT2D eigenvalue weighted by molar-refractivity contribution is -0.130. The van der Waals surface area contributed by atoms with Gasteiger partial charge in [-0.3, -0.25) is 4.79 Å². The molecule has 2 aromatic carbocycles. The Balaban J connectivity index is 2.27. The van der Waals surface area contributed by atoms with E-state index in [0.717, 1.165) is 5.56 Å². The van der Waals surface area contributed by atoms with Gasteiger partial charge < -0.3 is 10.1 Å². The minimum atomic E-state index is -0.433. The summed E-state index contributed by atoms with van der Waals surface area (Å²) in [5.41, 5.74) is 1.12. The van der Waals surface area contributed by atoms with Crippen molar-refractivity contribution in [2.24, 2.45) is 0 Å². The molecule has 0 fully saturated rings. The second kappa shape index (κ2) is 5.85. The number of carbonyl (C=O) groups is 1. The quantitative estimate of drug-likeness (QED) is 0.914. The third kappa shape index (κ3) is 2.93. The highest BCUT2D eigenvalue weighted by molar-refractivity contribution is 5.87. The van der Waals surface area contributed by atoms with Crippen LogP contribution in [0.1, 0.15) is 25.5 Å². The molecule has 0 spiro atoms. The lowest BCUT2D eigenvalue weighted by Crippen LogP contribution is -2.35. The predicted molar refractivity (Wildman–Crippen MR) is 77.0 cm³/mol. The molecule has 100 valence electrons. The van der Waals surface area contributed by atoms with Crippen molar-refractivity contribution in [2.75, 3.05) is 7.11 Å². The van der Waals surface area contributed by atoms with Gasteiger partial charge in [0, 0.05) is 7.11 Å². The van der Waals surface area contributed by atoms with E-state index >= 15 is 0 Å². The van der Waals surface area contributed by atoms with Crippen LogP contribution >= 0.6 is 0 Å². The molecule has 0 radical (unpaired) electrons. The highest BCUT2D eigenvalue weighted by Gasteiger charge is 2.16. The van der Waals surface area contributed by atoms with Gasteiger partial charge in [0.1, 0.15) is 6.10 Å². The van der Waals surface area contributed by atoms with Crippen LogP contribution in [0.25, 0.3) is 10.8 Å². The van der Waals surface area contributed by atoms with Gasteiger partial charge in [0.2, 0.25) is 5.91 Å². The fourth-order valence-corrected chi connectivity index (χ4v) is 2.14. The summed E-state index contributed by atoms with van der Waals surface area (Å²) < 4.78 is 5.02. The Bertz CT molecular complexity index is 574. The van der Waals surface area contributed by atoms with E-state index in [1.807, 2.05) is 31.2 Å². The Morgan fingerprint density at radius 2 is 1.79 bits per heavy atom. The number of benzene rings is 2. The van der Waals surface area contributed by atoms with Crippen LogP contribution in [0.15, 0.2) is 42.5 Å². The summed E-state index contributed by atoms with van der Waals surface area (Å²) in [6.45, 7) is 3.73. The van der Waals surface area contributed by atoms with Gasteiger partial charge in [0.05, 0.1) is 6.04 Å². The molecule has 0 aliphatic carbocycles. The smallest absolute Gasteiger partial charge is 0.249 e. The topological polar surface area (TPSA) is 38.3 Å². The van der Waals surface area contributed by atoms with E-state index in [1.165, 1.54) is 17.9 Å². The number of carbonyl (C=O) groups excluding carboxylic acids is 1. The van der Waals surface area contributed by atoms with Gasteiger partial charge >= 0.3 is 0 Å². The number of fused-ring (bicyclic) bond motifs is 1. The van der Waals surface area contributed by atoms with Gasteiger partial charge in [-0.25, -0.2) is 0 Å². The molecular formula is C16H19NO2. The number of nitrogens with one attached hydrogen (secondary N) is 1. The van der Waals surface area contributed by atoms with Crippen LogP contribution < -0.4 is 5.32 Å². The van der Waals surface area contributed by atoms with Crippen LogP contribution in [0.3, 0.4) is 0 Å². The maximum absolute atomic E-state index is 11.9. The van der Waals surface area contributed by atoms with Gasteiger partial charge in [0.15, 0.2) is 0 Å². The van der Waals surface area contributed by atoms with Crippen LogP contribution in [0.2, 0.25) is 0 Å². The van der Waals surface area contributed by atoms with E-state index in [2.05, 4.69) is 23.5 Å². The van der Waals surface area contributed by atoms with Crippen molar-refractivity contribution in [2.45, 2.75) is 26.0 Å². The third-order valence-electron chi connectivity index (χ3n) is 3.37. The van der Waals surface area contributed by atoms with Crippen molar-refractivity contribution in [3.8, 4) is 0 Å². The van der Waals surface area contributed by atoms with Crippen molar-refractivity contribution >= 4 is 16.7 Å². The first-order valence-corrected chi connectivity index (χ1v) is 6.44. The molecule has 0 aromatic heterocycles. The number of ether oxygens (including phenoxy) is 1. The second-order valence-electron chi connectivity index (χ2n) is 4.68. The average molecular weight is 257 g/mol. The highest BCUT2D eigenvalue weighted by Crippen LogP contribution is 2.24. The molecule has 19 heavy (non-hydrogen) atoms. The molecule has 3 heteroatoms. The van der Waals surface area contributed by atoms with Crippen molar-refractivity contribution < 1.29 is 9.53 Å². The monoisotopic (exact) mass is 257 g/mol. The molecule has 0 saturated carbocycles. The predicted octanol–water partition coefficient (Wildman–Crippen LogP) is 3.05. The summed E-state index contributed by atoms with van der Waals surface area (Å²) in [4.78, 5) is 11.9. The number of amides is 1. The van der Waals surface area contributed by atoms with Crippen molar-refractivity contribution in [1.29, 1.82) is 0 Å². The maximum Gasteiger partial charge on any atom is 0.249 e. The molecule has 2 atom stereocenters. The third-order valence-corrected chi connectivity index (χ3v) is 3.37. The number of hydrogen-bond donors (Lipinski definition) is 1. The fraction of sp³-hybridized carbons (Fsp3) is 0.312. The molecule has 0 heterocycles. The zero-order valence-electron chi connectivity index (χ0n) is 11.5. The lowest BCUT2D eigenvalue weighted by atomic mass is 9.99. The Morgan fingerprint density at radius 1 is 1.11 bits per heavy atom. The van der Waals surface area contributed by atoms with Crippen LogP contribution in [-0.4, -0.2) is 19.1 Å². The minimum absolute atomic E-state index is 0.0452. The molecule has 2 unspecified atom stereocenters. The summed E-state index contributed by atoms with van der Waals surface area (Å²) in [6, 6.07) is 14.3. The van der Waals surface area contributed by atoms with Crippen molar-refractivity contribution in [1.82, 2.24) is 5.32 Å². The molecule has 2 rings (SSSR count). The van der Waals surface area contributed by atoms with Gasteiger partial charge in [-0.15, -0.1) is 0 Å². The van der Waals surface area contributed by atoms with Crippen LogP contribution in [-0.2, 0) is 9.53 Å². The summed E-state index contributed by atoms with van der Waals surface area (Å²) in [5.74, 6) is -0.0945. The zero-order valence-corrected chi connectivity index (χ0v) is 11.5. The standard InChI is InChI=1S/C16H19NO2/c1-11(17-16(18)12(2)19-3)14-10-6-8-13-7-4-5-9-15(13)14/h4-12H,1-3H3,(H,17,18). The molecular weight excluding hydrogens is 238 g/mol. The summed E-state index contributed by atoms with van der Waals surface area (Å²) in [6.07, 6.45) is -0.433. The van der Waals surface area contributed by atoms with Crippen LogP contribution in [0.4, 0.5) is 0 Å². The number of methoxy groups -OCH3 is 1. The Morgan fingerprint density at radius 3 is 2.53 bits per heavy atom. The van der Waals surface area contributed by atoms with Gasteiger partial charge in [-0.2, -0.15) is 0 Å². The molecule has 1 N–H and O–H groups in total. The van der Waals surface area contributed by atoms with Crippen molar-refractivity contribution in [3.63, 3.8) is 0 Å². The molecule has 0 aliphatic rings. The molecule has 2 aromatic rings. The Hall–Kier alpha value is -1.87. The first kappa shape index (κ1) is 13.6. The van der Waals surface area contributed by atoms with E-state index in [1.54, 1.807) is 6.92 Å². The van der Waals surface area contributed by atoms with Crippen LogP contribution in [0, 0.1) is 0 Å². The number of rotatable bonds is 4. The average Bonchev–Trinajstić information content (AvgIpc) is 2.45. The Kier molecular flexibility index (Phi) is 4.17. The van der Waals surface area contributed by atoms with Gasteiger partial charge in [0.25, 0.3) is 0 Å². The van der Waals surface area contributed by atoms with Crippen LogP contribution in [0.5, 0.6) is 0 Å². The van der Waals surface area contributed by atoms with Crippen molar-refractivity contribution in [3.05, 3.63) is 48.0 Å². The molecule has 1 amide bonds. The summed E-state index contributed by atoms with van der Waals surface area (Å²) in [5, 5.41) is 5.33. The van der Waals surface area contributed by atoms with E-state index in [0.29, 0.717) is 0 Å². The van der Waals surface area contributed by atoms with E-state index in [9.17, 15) is 4.79 Å². The number of hydrogen-bond acceptors (Lipinski definition) is 2. The van der Waals surface area contributed by atoms with E-state index in [-0.39, 0.29) is 11.9 Å². The van der Waals surface area contributed by atoms with E-state index in [4.69, 9.17) is 4.74 Å².